The normalized spacial score (nSPS) is 10.1. The third kappa shape index (κ3) is 2.66. The van der Waals surface area contributed by atoms with Crippen molar-refractivity contribution in [1.82, 2.24) is 9.97 Å². The fraction of sp³-hybridized carbons (Fsp3) is 0.375. The second kappa shape index (κ2) is 4.36. The molecule has 1 aromatic heterocycles. The van der Waals surface area contributed by atoms with E-state index in [-0.39, 0.29) is 5.82 Å². The predicted molar refractivity (Wildman–Crippen MR) is 56.1 cm³/mol. The van der Waals surface area contributed by atoms with Gasteiger partial charge in [-0.25, -0.2) is 4.98 Å². The molecule has 5 nitrogen and oxygen atoms in total. The highest BCUT2D eigenvalue weighted by atomic mass is 79.9. The molecule has 76 valence electrons. The van der Waals surface area contributed by atoms with Gasteiger partial charge >= 0.3 is 5.82 Å². The molecular weight excluding hydrogens is 250 g/mol. The SMILES string of the molecule is C=C(C)CCc1nc(Br)[nH]c1[N+](=O)[O-]. The smallest absolute Gasteiger partial charge is 0.344 e. The Labute approximate surface area is 89.5 Å². The molecule has 0 unspecified atom stereocenters. The summed E-state index contributed by atoms with van der Waals surface area (Å²) in [6.45, 7) is 5.61. The predicted octanol–water partition coefficient (Wildman–Crippen LogP) is 2.59. The molecule has 0 aromatic carbocycles. The molecule has 1 aromatic rings. The highest BCUT2D eigenvalue weighted by Gasteiger charge is 2.17. The lowest BCUT2D eigenvalue weighted by Gasteiger charge is -1.96. The summed E-state index contributed by atoms with van der Waals surface area (Å²) in [6.07, 6.45) is 1.24. The quantitative estimate of drug-likeness (QED) is 0.513. The van der Waals surface area contributed by atoms with Crippen LogP contribution in [0, 0.1) is 10.1 Å². The molecule has 0 amide bonds. The molecule has 6 heteroatoms. The first kappa shape index (κ1) is 10.9. The first-order chi connectivity index (χ1) is 6.50. The number of nitro groups is 1. The molecular formula is C8H10BrN3O2. The number of hydrogen-bond acceptors (Lipinski definition) is 3. The van der Waals surface area contributed by atoms with Gasteiger partial charge in [-0.1, -0.05) is 5.57 Å². The summed E-state index contributed by atoms with van der Waals surface area (Å²) < 4.78 is 0.390. The van der Waals surface area contributed by atoms with E-state index in [4.69, 9.17) is 0 Å². The minimum atomic E-state index is -0.467. The molecule has 0 saturated carbocycles. The Balaban J connectivity index is 2.84. The maximum atomic E-state index is 10.6. The van der Waals surface area contributed by atoms with E-state index in [0.29, 0.717) is 23.3 Å². The standard InChI is InChI=1S/C8H10BrN3O2/c1-5(2)3-4-6-7(12(13)14)11-8(9)10-6/h1,3-4H2,2H3,(H,10,11). The van der Waals surface area contributed by atoms with Gasteiger partial charge in [-0.3, -0.25) is 0 Å². The molecule has 1 heterocycles. The second-order valence-electron chi connectivity index (χ2n) is 3.04. The largest absolute Gasteiger partial charge is 0.358 e. The lowest BCUT2D eigenvalue weighted by molar-refractivity contribution is -0.390. The zero-order valence-corrected chi connectivity index (χ0v) is 9.30. The van der Waals surface area contributed by atoms with E-state index in [1.807, 2.05) is 6.92 Å². The van der Waals surface area contributed by atoms with Crippen molar-refractivity contribution < 1.29 is 4.92 Å². The number of nitrogens with one attached hydrogen (secondary N) is 1. The first-order valence-electron chi connectivity index (χ1n) is 4.04. The van der Waals surface area contributed by atoms with Gasteiger partial charge in [0.15, 0.2) is 0 Å². The first-order valence-corrected chi connectivity index (χ1v) is 4.83. The van der Waals surface area contributed by atoms with Crippen LogP contribution in [0.25, 0.3) is 0 Å². The molecule has 0 aliphatic heterocycles. The number of nitrogens with zero attached hydrogens (tertiary/aromatic N) is 2. The average molecular weight is 260 g/mol. The van der Waals surface area contributed by atoms with Crippen LogP contribution in [0.2, 0.25) is 0 Å². The number of halogens is 1. The summed E-state index contributed by atoms with van der Waals surface area (Å²) in [6, 6.07) is 0. The van der Waals surface area contributed by atoms with Crippen LogP contribution in [0.3, 0.4) is 0 Å². The molecule has 0 radical (unpaired) electrons. The fourth-order valence-electron chi connectivity index (χ4n) is 1.03. The Morgan fingerprint density at radius 3 is 2.93 bits per heavy atom. The van der Waals surface area contributed by atoms with Crippen LogP contribution in [0.4, 0.5) is 5.82 Å². The zero-order chi connectivity index (χ0) is 10.7. The Morgan fingerprint density at radius 1 is 1.79 bits per heavy atom. The van der Waals surface area contributed by atoms with Gasteiger partial charge in [0.2, 0.25) is 0 Å². The average Bonchev–Trinajstić information content (AvgIpc) is 2.43. The number of hydrogen-bond donors (Lipinski definition) is 1. The summed E-state index contributed by atoms with van der Waals surface area (Å²) in [5, 5.41) is 10.6. The van der Waals surface area contributed by atoms with Crippen LogP contribution in [0.15, 0.2) is 16.9 Å². The highest BCUT2D eigenvalue weighted by molar-refractivity contribution is 9.10. The Bertz CT molecular complexity index is 373. The van der Waals surface area contributed by atoms with Crippen molar-refractivity contribution in [2.45, 2.75) is 19.8 Å². The molecule has 0 fully saturated rings. The Kier molecular flexibility index (Phi) is 3.40. The number of rotatable bonds is 4. The molecule has 0 atom stereocenters. The number of aromatic amines is 1. The van der Waals surface area contributed by atoms with Crippen molar-refractivity contribution in [3.63, 3.8) is 0 Å². The molecule has 14 heavy (non-hydrogen) atoms. The monoisotopic (exact) mass is 259 g/mol. The van der Waals surface area contributed by atoms with Crippen LogP contribution in [-0.2, 0) is 6.42 Å². The van der Waals surface area contributed by atoms with Crippen molar-refractivity contribution in [2.75, 3.05) is 0 Å². The summed E-state index contributed by atoms with van der Waals surface area (Å²) in [5.41, 5.74) is 1.45. The lowest BCUT2D eigenvalue weighted by atomic mass is 10.1. The second-order valence-corrected chi connectivity index (χ2v) is 3.79. The Morgan fingerprint density at radius 2 is 2.43 bits per heavy atom. The molecule has 1 N–H and O–H groups in total. The van der Waals surface area contributed by atoms with Crippen molar-refractivity contribution in [2.24, 2.45) is 0 Å². The fourth-order valence-corrected chi connectivity index (χ4v) is 1.43. The van der Waals surface area contributed by atoms with Gasteiger partial charge in [0.25, 0.3) is 4.73 Å². The van der Waals surface area contributed by atoms with Crippen LogP contribution in [-0.4, -0.2) is 14.9 Å². The van der Waals surface area contributed by atoms with Gasteiger partial charge in [0, 0.05) is 22.4 Å². The van der Waals surface area contributed by atoms with Crippen LogP contribution in [0.1, 0.15) is 19.0 Å². The topological polar surface area (TPSA) is 71.8 Å². The van der Waals surface area contributed by atoms with Crippen molar-refractivity contribution in [3.05, 3.63) is 32.7 Å². The molecule has 0 aliphatic rings. The molecule has 1 rings (SSSR count). The van der Waals surface area contributed by atoms with E-state index in [1.165, 1.54) is 0 Å². The number of aryl methyl sites for hydroxylation is 1. The minimum absolute atomic E-state index is 0.0434. The summed E-state index contributed by atoms with van der Waals surface area (Å²) in [5.74, 6) is -0.0434. The van der Waals surface area contributed by atoms with E-state index in [2.05, 4.69) is 32.5 Å². The summed E-state index contributed by atoms with van der Waals surface area (Å²) >= 11 is 3.06. The van der Waals surface area contributed by atoms with Crippen molar-refractivity contribution in [1.29, 1.82) is 0 Å². The highest BCUT2D eigenvalue weighted by Crippen LogP contribution is 2.20. The number of allylic oxidation sites excluding steroid dienone is 1. The van der Waals surface area contributed by atoms with Gasteiger partial charge in [0.05, 0.1) is 0 Å². The van der Waals surface area contributed by atoms with E-state index in [9.17, 15) is 10.1 Å². The lowest BCUT2D eigenvalue weighted by Crippen LogP contribution is -1.95. The summed E-state index contributed by atoms with van der Waals surface area (Å²) in [4.78, 5) is 16.6. The van der Waals surface area contributed by atoms with Crippen LogP contribution < -0.4 is 0 Å². The third-order valence-corrected chi connectivity index (χ3v) is 2.07. The number of aromatic nitrogens is 2. The van der Waals surface area contributed by atoms with Gasteiger partial charge in [-0.05, 0) is 18.3 Å². The maximum absolute atomic E-state index is 10.6. The van der Waals surface area contributed by atoms with E-state index in [1.54, 1.807) is 0 Å². The van der Waals surface area contributed by atoms with Crippen molar-refractivity contribution >= 4 is 21.7 Å². The maximum Gasteiger partial charge on any atom is 0.344 e. The zero-order valence-electron chi connectivity index (χ0n) is 7.71. The van der Waals surface area contributed by atoms with Gasteiger partial charge in [-0.15, -0.1) is 6.58 Å². The number of imidazole rings is 1. The molecule has 0 aliphatic carbocycles. The summed E-state index contributed by atoms with van der Waals surface area (Å²) in [7, 11) is 0. The van der Waals surface area contributed by atoms with E-state index in [0.717, 1.165) is 5.57 Å². The van der Waals surface area contributed by atoms with Crippen molar-refractivity contribution in [3.8, 4) is 0 Å². The molecule has 0 spiro atoms. The van der Waals surface area contributed by atoms with Gasteiger partial charge in [-0.2, -0.15) is 4.98 Å². The van der Waals surface area contributed by atoms with Crippen LogP contribution >= 0.6 is 15.9 Å². The molecule has 0 bridgehead atoms. The third-order valence-electron chi connectivity index (χ3n) is 1.70. The minimum Gasteiger partial charge on any atom is -0.358 e. The molecule has 0 saturated heterocycles. The van der Waals surface area contributed by atoms with E-state index >= 15 is 0 Å². The van der Waals surface area contributed by atoms with E-state index < -0.39 is 4.92 Å². The van der Waals surface area contributed by atoms with Gasteiger partial charge < -0.3 is 10.1 Å². The number of H-pyrrole nitrogens is 1. The Hall–Kier alpha value is -1.17. The van der Waals surface area contributed by atoms with Gasteiger partial charge in [0.1, 0.15) is 5.69 Å². The van der Waals surface area contributed by atoms with Crippen LogP contribution in [0.5, 0.6) is 0 Å².